The van der Waals surface area contributed by atoms with E-state index in [2.05, 4.69) is 4.36 Å². The van der Waals surface area contributed by atoms with E-state index in [1.807, 2.05) is 0 Å². The standard InChI is InChI=1S/C18H17F4N3O3S/c1-18(6-9(19)4-10(24)7-18)28-13-2-3-14(29(27,17(21)22)25-8-23)15-11(13)5-12(20)16(15)26/h2-4,6,12,16-17,26H,5,7,24H2,1H3/t12?,16-,18?,29?/m1/s1. The van der Waals surface area contributed by atoms with Gasteiger partial charge in [-0.2, -0.15) is 14.0 Å². The first-order valence-corrected chi connectivity index (χ1v) is 10.0. The number of ether oxygens (including phenoxy) is 1. The van der Waals surface area contributed by atoms with E-state index >= 15 is 0 Å². The van der Waals surface area contributed by atoms with Crippen molar-refractivity contribution in [1.82, 2.24) is 0 Å². The first-order chi connectivity index (χ1) is 13.5. The highest BCUT2D eigenvalue weighted by Crippen LogP contribution is 2.45. The summed E-state index contributed by atoms with van der Waals surface area (Å²) in [4.78, 5) is -0.626. The van der Waals surface area contributed by atoms with Crippen LogP contribution in [-0.2, 0) is 16.1 Å². The number of fused-ring (bicyclic) bond motifs is 1. The number of aliphatic hydroxyl groups excluding tert-OH is 1. The van der Waals surface area contributed by atoms with Crippen LogP contribution >= 0.6 is 0 Å². The summed E-state index contributed by atoms with van der Waals surface area (Å²) < 4.78 is 76.3. The summed E-state index contributed by atoms with van der Waals surface area (Å²) in [6, 6.07) is 2.12. The third kappa shape index (κ3) is 3.70. The van der Waals surface area contributed by atoms with E-state index in [4.69, 9.17) is 15.7 Å². The van der Waals surface area contributed by atoms with Crippen LogP contribution in [0.15, 0.2) is 45.1 Å². The normalized spacial score (nSPS) is 28.1. The minimum absolute atomic E-state index is 0.00262. The second-order valence-electron chi connectivity index (χ2n) is 6.98. The molecule has 4 atom stereocenters. The van der Waals surface area contributed by atoms with Crippen LogP contribution in [0, 0.1) is 11.5 Å². The summed E-state index contributed by atoms with van der Waals surface area (Å²) in [5, 5.41) is 18.9. The summed E-state index contributed by atoms with van der Waals surface area (Å²) >= 11 is 0. The van der Waals surface area contributed by atoms with Crippen LogP contribution < -0.4 is 10.5 Å². The van der Waals surface area contributed by atoms with Gasteiger partial charge in [-0.25, -0.2) is 13.0 Å². The van der Waals surface area contributed by atoms with Gasteiger partial charge in [0.15, 0.2) is 9.73 Å². The Kier molecular flexibility index (Phi) is 5.36. The third-order valence-electron chi connectivity index (χ3n) is 4.71. The minimum atomic E-state index is -4.55. The monoisotopic (exact) mass is 431 g/mol. The molecule has 0 spiro atoms. The van der Waals surface area contributed by atoms with Crippen LogP contribution in [0.2, 0.25) is 0 Å². The molecule has 156 valence electrons. The van der Waals surface area contributed by atoms with Crippen LogP contribution in [-0.4, -0.2) is 26.8 Å². The Morgan fingerprint density at radius 1 is 1.48 bits per heavy atom. The number of allylic oxidation sites excluding steroid dienone is 2. The van der Waals surface area contributed by atoms with Crippen molar-refractivity contribution < 1.29 is 31.6 Å². The average Bonchev–Trinajstić information content (AvgIpc) is 2.89. The first kappa shape index (κ1) is 21.1. The van der Waals surface area contributed by atoms with Gasteiger partial charge < -0.3 is 15.6 Å². The van der Waals surface area contributed by atoms with Crippen molar-refractivity contribution in [3.8, 4) is 11.9 Å². The van der Waals surface area contributed by atoms with Crippen LogP contribution in [0.3, 0.4) is 0 Å². The molecule has 3 N–H and O–H groups in total. The molecule has 0 aromatic heterocycles. The number of aliphatic hydroxyl groups is 1. The Bertz CT molecular complexity index is 1070. The van der Waals surface area contributed by atoms with Crippen molar-refractivity contribution in [3.63, 3.8) is 0 Å². The van der Waals surface area contributed by atoms with E-state index in [0.29, 0.717) is 0 Å². The lowest BCUT2D eigenvalue weighted by Crippen LogP contribution is -2.34. The number of benzene rings is 1. The Hall–Kier alpha value is -2.58. The maximum absolute atomic E-state index is 14.3. The minimum Gasteiger partial charge on any atom is -0.483 e. The lowest BCUT2D eigenvalue weighted by atomic mass is 9.94. The number of halogens is 4. The molecular formula is C18H17F4N3O3S. The van der Waals surface area contributed by atoms with Crippen LogP contribution in [0.1, 0.15) is 30.6 Å². The molecule has 29 heavy (non-hydrogen) atoms. The molecule has 6 nitrogen and oxygen atoms in total. The molecule has 2 aliphatic rings. The topological polar surface area (TPSA) is 109 Å². The number of hydrogen-bond donors (Lipinski definition) is 2. The van der Waals surface area contributed by atoms with Gasteiger partial charge in [0, 0.05) is 29.7 Å². The summed E-state index contributed by atoms with van der Waals surface area (Å²) in [5.74, 6) is -4.18. The highest BCUT2D eigenvalue weighted by molar-refractivity contribution is 7.94. The lowest BCUT2D eigenvalue weighted by molar-refractivity contribution is 0.0906. The first-order valence-electron chi connectivity index (χ1n) is 8.44. The van der Waals surface area contributed by atoms with Crippen molar-refractivity contribution in [3.05, 3.63) is 46.9 Å². The van der Waals surface area contributed by atoms with E-state index in [1.54, 1.807) is 0 Å². The largest absolute Gasteiger partial charge is 0.483 e. The van der Waals surface area contributed by atoms with Crippen LogP contribution in [0.25, 0.3) is 0 Å². The fraction of sp³-hybridized carbons (Fsp3) is 0.389. The molecule has 0 radical (unpaired) electrons. The Morgan fingerprint density at radius 3 is 2.76 bits per heavy atom. The molecule has 0 bridgehead atoms. The van der Waals surface area contributed by atoms with Gasteiger partial charge in [0.2, 0.25) is 6.19 Å². The van der Waals surface area contributed by atoms with Crippen LogP contribution in [0.5, 0.6) is 5.75 Å². The van der Waals surface area contributed by atoms with Gasteiger partial charge in [-0.15, -0.1) is 4.36 Å². The van der Waals surface area contributed by atoms with Gasteiger partial charge in [0.1, 0.15) is 29.5 Å². The summed E-state index contributed by atoms with van der Waals surface area (Å²) in [5.41, 5.74) is 4.30. The Morgan fingerprint density at radius 2 is 2.17 bits per heavy atom. The maximum Gasteiger partial charge on any atom is 0.324 e. The molecule has 0 aliphatic heterocycles. The predicted octanol–water partition coefficient (Wildman–Crippen LogP) is 3.38. The average molecular weight is 431 g/mol. The Labute approximate surface area is 164 Å². The molecule has 2 aliphatic carbocycles. The quantitative estimate of drug-likeness (QED) is 0.561. The number of hydrogen-bond acceptors (Lipinski definition) is 6. The number of nitrogens with two attached hydrogens (primary N) is 1. The van der Waals surface area contributed by atoms with E-state index in [-0.39, 0.29) is 29.0 Å². The van der Waals surface area contributed by atoms with E-state index in [9.17, 15) is 26.9 Å². The van der Waals surface area contributed by atoms with E-state index in [0.717, 1.165) is 24.4 Å². The van der Waals surface area contributed by atoms with Crippen molar-refractivity contribution in [1.29, 1.82) is 5.26 Å². The van der Waals surface area contributed by atoms with Gasteiger partial charge in [-0.1, -0.05) is 0 Å². The summed E-state index contributed by atoms with van der Waals surface area (Å²) in [7, 11) is -4.55. The molecule has 0 saturated heterocycles. The number of rotatable bonds is 4. The number of nitrogens with zero attached hydrogens (tertiary/aromatic N) is 2. The molecule has 0 saturated carbocycles. The zero-order valence-electron chi connectivity index (χ0n) is 15.1. The third-order valence-corrected chi connectivity index (χ3v) is 6.53. The lowest BCUT2D eigenvalue weighted by Gasteiger charge is -2.31. The molecule has 3 rings (SSSR count). The maximum atomic E-state index is 14.3. The van der Waals surface area contributed by atoms with E-state index in [1.165, 1.54) is 13.0 Å². The summed E-state index contributed by atoms with van der Waals surface area (Å²) in [6.07, 6.45) is -0.635. The zero-order chi connectivity index (χ0) is 21.6. The molecule has 3 unspecified atom stereocenters. The summed E-state index contributed by atoms with van der Waals surface area (Å²) in [6.45, 7) is 1.53. The van der Waals surface area contributed by atoms with Gasteiger partial charge in [0.05, 0.1) is 4.90 Å². The number of nitriles is 1. The van der Waals surface area contributed by atoms with Gasteiger partial charge in [0.25, 0.3) is 0 Å². The van der Waals surface area contributed by atoms with Crippen LogP contribution in [0.4, 0.5) is 17.6 Å². The molecule has 0 fully saturated rings. The molecule has 1 aromatic carbocycles. The van der Waals surface area contributed by atoms with E-state index < -0.39 is 50.5 Å². The Balaban J connectivity index is 2.15. The van der Waals surface area contributed by atoms with Gasteiger partial charge >= 0.3 is 5.76 Å². The molecule has 1 aromatic rings. The highest BCUT2D eigenvalue weighted by Gasteiger charge is 2.41. The van der Waals surface area contributed by atoms with Gasteiger partial charge in [-0.05, 0) is 31.2 Å². The van der Waals surface area contributed by atoms with Crippen molar-refractivity contribution in [2.45, 2.75) is 48.3 Å². The molecule has 0 amide bonds. The molecule has 11 heteroatoms. The smallest absolute Gasteiger partial charge is 0.324 e. The number of alkyl halides is 3. The highest BCUT2D eigenvalue weighted by atomic mass is 32.2. The second kappa shape index (κ2) is 7.35. The van der Waals surface area contributed by atoms with Crippen molar-refractivity contribution in [2.75, 3.05) is 0 Å². The molecular weight excluding hydrogens is 414 g/mol. The fourth-order valence-corrected chi connectivity index (χ4v) is 4.89. The second-order valence-corrected chi connectivity index (χ2v) is 9.10. The zero-order valence-corrected chi connectivity index (χ0v) is 15.9. The molecule has 0 heterocycles. The fourth-order valence-electron chi connectivity index (χ4n) is 3.58. The SMILES string of the molecule is CC1(Oc2ccc(S(=O)(=NC#N)C(F)F)c3c2CC(F)[C@H]3O)C=C(F)C=C(N)C1. The van der Waals surface area contributed by atoms with Crippen molar-refractivity contribution in [2.24, 2.45) is 10.1 Å². The van der Waals surface area contributed by atoms with Crippen molar-refractivity contribution >= 4 is 9.73 Å². The predicted molar refractivity (Wildman–Crippen MR) is 95.6 cm³/mol. The van der Waals surface area contributed by atoms with Gasteiger partial charge in [-0.3, -0.25) is 0 Å².